The zero-order valence-electron chi connectivity index (χ0n) is 13.9. The lowest BCUT2D eigenvalue weighted by Gasteiger charge is -2.24. The summed E-state index contributed by atoms with van der Waals surface area (Å²) >= 11 is 1.27. The Morgan fingerprint density at radius 1 is 1.12 bits per heavy atom. The van der Waals surface area contributed by atoms with Gasteiger partial charge in [-0.15, -0.1) is 11.3 Å². The second-order valence-corrected chi connectivity index (χ2v) is 8.81. The minimum Gasteiger partial charge on any atom is -0.497 e. The molecule has 130 valence electrons. The fraction of sp³-hybridized carbons (Fsp3) is 0.167. The van der Waals surface area contributed by atoms with E-state index in [2.05, 4.69) is 4.98 Å². The number of pyridine rings is 1. The molecule has 2 aromatic heterocycles. The Balaban J connectivity index is 2.04. The van der Waals surface area contributed by atoms with E-state index in [1.54, 1.807) is 55.9 Å². The highest BCUT2D eigenvalue weighted by atomic mass is 32.2. The van der Waals surface area contributed by atoms with Gasteiger partial charge in [0, 0.05) is 17.3 Å². The van der Waals surface area contributed by atoms with E-state index in [0.29, 0.717) is 15.6 Å². The SMILES string of the molecule is COc1ccc(N(Cc2cccnc2)S(=O)(=O)c2ccc(C)s2)cc1. The molecule has 0 fully saturated rings. The third kappa shape index (κ3) is 3.83. The second-order valence-electron chi connectivity index (χ2n) is 5.44. The summed E-state index contributed by atoms with van der Waals surface area (Å²) in [6.45, 7) is 2.10. The van der Waals surface area contributed by atoms with E-state index in [1.165, 1.54) is 15.6 Å². The van der Waals surface area contributed by atoms with Crippen LogP contribution in [0.2, 0.25) is 0 Å². The number of aromatic nitrogens is 1. The number of hydrogen-bond donors (Lipinski definition) is 0. The van der Waals surface area contributed by atoms with Crippen LogP contribution in [0.15, 0.2) is 65.1 Å². The number of nitrogens with zero attached hydrogens (tertiary/aromatic N) is 2. The molecule has 3 rings (SSSR count). The van der Waals surface area contributed by atoms with Crippen molar-refractivity contribution < 1.29 is 13.2 Å². The Bertz CT molecular complexity index is 936. The van der Waals surface area contributed by atoms with Crippen LogP contribution in [0.1, 0.15) is 10.4 Å². The van der Waals surface area contributed by atoms with Crippen molar-refractivity contribution in [1.82, 2.24) is 4.98 Å². The summed E-state index contributed by atoms with van der Waals surface area (Å²) < 4.78 is 33.3. The average molecular weight is 374 g/mol. The predicted octanol–water partition coefficient (Wildman–Crippen LogP) is 3.86. The summed E-state index contributed by atoms with van der Waals surface area (Å²) in [5.41, 5.74) is 1.39. The molecule has 25 heavy (non-hydrogen) atoms. The molecule has 0 bridgehead atoms. The molecule has 0 aliphatic rings. The Hall–Kier alpha value is -2.38. The van der Waals surface area contributed by atoms with Gasteiger partial charge < -0.3 is 4.74 Å². The molecule has 3 aromatic rings. The third-order valence-electron chi connectivity index (χ3n) is 3.67. The highest BCUT2D eigenvalue weighted by molar-refractivity contribution is 7.94. The van der Waals surface area contributed by atoms with Crippen molar-refractivity contribution in [1.29, 1.82) is 0 Å². The lowest BCUT2D eigenvalue weighted by atomic mass is 10.2. The number of sulfonamides is 1. The number of hydrogen-bond acceptors (Lipinski definition) is 5. The van der Waals surface area contributed by atoms with E-state index in [-0.39, 0.29) is 6.54 Å². The first kappa shape index (κ1) is 17.4. The smallest absolute Gasteiger partial charge is 0.274 e. The van der Waals surface area contributed by atoms with Crippen molar-refractivity contribution in [2.24, 2.45) is 0 Å². The van der Waals surface area contributed by atoms with Crippen LogP contribution in [0.3, 0.4) is 0 Å². The maximum absolute atomic E-state index is 13.2. The van der Waals surface area contributed by atoms with Crippen molar-refractivity contribution in [3.05, 3.63) is 71.4 Å². The molecule has 1 aromatic carbocycles. The van der Waals surface area contributed by atoms with Crippen molar-refractivity contribution >= 4 is 27.0 Å². The van der Waals surface area contributed by atoms with Gasteiger partial charge in [-0.1, -0.05) is 6.07 Å². The van der Waals surface area contributed by atoms with Crippen LogP contribution in [0.4, 0.5) is 5.69 Å². The Morgan fingerprint density at radius 2 is 1.88 bits per heavy atom. The zero-order valence-corrected chi connectivity index (χ0v) is 15.5. The molecule has 0 spiro atoms. The molecule has 0 atom stereocenters. The fourth-order valence-electron chi connectivity index (χ4n) is 2.38. The first-order valence-corrected chi connectivity index (χ1v) is 9.88. The van der Waals surface area contributed by atoms with Gasteiger partial charge in [-0.25, -0.2) is 8.42 Å². The number of aryl methyl sites for hydroxylation is 1. The summed E-state index contributed by atoms with van der Waals surface area (Å²) in [4.78, 5) is 5.03. The molecule has 0 aliphatic heterocycles. The fourth-order valence-corrected chi connectivity index (χ4v) is 5.23. The summed E-state index contributed by atoms with van der Waals surface area (Å²) in [7, 11) is -2.09. The van der Waals surface area contributed by atoms with Crippen LogP contribution in [0.25, 0.3) is 0 Å². The Morgan fingerprint density at radius 3 is 2.44 bits per heavy atom. The van der Waals surface area contributed by atoms with Gasteiger partial charge in [0.15, 0.2) is 0 Å². The normalized spacial score (nSPS) is 11.3. The van der Waals surface area contributed by atoms with Crippen molar-refractivity contribution in [2.75, 3.05) is 11.4 Å². The van der Waals surface area contributed by atoms with Crippen LogP contribution in [0, 0.1) is 6.92 Å². The molecule has 5 nitrogen and oxygen atoms in total. The standard InChI is InChI=1S/C18H18N2O3S2/c1-14-5-10-18(24-14)25(21,22)20(13-15-4-3-11-19-12-15)16-6-8-17(23-2)9-7-16/h3-12H,13H2,1-2H3. The largest absolute Gasteiger partial charge is 0.497 e. The number of rotatable bonds is 6. The summed E-state index contributed by atoms with van der Waals surface area (Å²) in [5.74, 6) is 0.675. The number of ether oxygens (including phenoxy) is 1. The maximum atomic E-state index is 13.2. The topological polar surface area (TPSA) is 59.5 Å². The third-order valence-corrected chi connectivity index (χ3v) is 6.91. The van der Waals surface area contributed by atoms with Gasteiger partial charge in [0.2, 0.25) is 0 Å². The average Bonchev–Trinajstić information content (AvgIpc) is 3.08. The van der Waals surface area contributed by atoms with Gasteiger partial charge in [-0.05, 0) is 55.0 Å². The molecule has 0 saturated carbocycles. The summed E-state index contributed by atoms with van der Waals surface area (Å²) in [5, 5.41) is 0. The van der Waals surface area contributed by atoms with Crippen LogP contribution < -0.4 is 9.04 Å². The van der Waals surface area contributed by atoms with Gasteiger partial charge in [0.25, 0.3) is 10.0 Å². The molecule has 0 amide bonds. The van der Waals surface area contributed by atoms with Gasteiger partial charge in [-0.3, -0.25) is 9.29 Å². The summed E-state index contributed by atoms with van der Waals surface area (Å²) in [6, 6.07) is 14.1. The molecule has 2 heterocycles. The van der Waals surface area contributed by atoms with Crippen molar-refractivity contribution in [2.45, 2.75) is 17.7 Å². The quantitative estimate of drug-likeness (QED) is 0.657. The second kappa shape index (κ2) is 7.25. The van der Waals surface area contributed by atoms with Crippen molar-refractivity contribution in [3.8, 4) is 5.75 Å². The summed E-state index contributed by atoms with van der Waals surface area (Å²) in [6.07, 6.45) is 3.34. The number of anilines is 1. The van der Waals surface area contributed by atoms with E-state index < -0.39 is 10.0 Å². The molecule has 0 aliphatic carbocycles. The number of thiophene rings is 1. The van der Waals surface area contributed by atoms with Crippen LogP contribution in [-0.2, 0) is 16.6 Å². The lowest BCUT2D eigenvalue weighted by Crippen LogP contribution is -2.30. The van der Waals surface area contributed by atoms with Crippen LogP contribution in [0.5, 0.6) is 5.75 Å². The molecule has 0 radical (unpaired) electrons. The monoisotopic (exact) mass is 374 g/mol. The number of methoxy groups -OCH3 is 1. The van der Waals surface area contributed by atoms with E-state index >= 15 is 0 Å². The molecular formula is C18H18N2O3S2. The molecular weight excluding hydrogens is 356 g/mol. The molecule has 0 unspecified atom stereocenters. The Labute approximate surface area is 151 Å². The number of benzene rings is 1. The first-order valence-electron chi connectivity index (χ1n) is 7.63. The first-order chi connectivity index (χ1) is 12.0. The van der Waals surface area contributed by atoms with Gasteiger partial charge >= 0.3 is 0 Å². The van der Waals surface area contributed by atoms with Crippen LogP contribution in [-0.4, -0.2) is 20.5 Å². The van der Waals surface area contributed by atoms with Gasteiger partial charge in [-0.2, -0.15) is 0 Å². The molecule has 0 saturated heterocycles. The van der Waals surface area contributed by atoms with E-state index in [9.17, 15) is 8.42 Å². The molecule has 7 heteroatoms. The zero-order chi connectivity index (χ0) is 17.9. The van der Waals surface area contributed by atoms with Crippen LogP contribution >= 0.6 is 11.3 Å². The van der Waals surface area contributed by atoms with E-state index in [4.69, 9.17) is 4.74 Å². The lowest BCUT2D eigenvalue weighted by molar-refractivity contribution is 0.415. The minimum absolute atomic E-state index is 0.208. The van der Waals surface area contributed by atoms with Crippen molar-refractivity contribution in [3.63, 3.8) is 0 Å². The van der Waals surface area contributed by atoms with E-state index in [0.717, 1.165) is 10.4 Å². The predicted molar refractivity (Wildman–Crippen MR) is 99.7 cm³/mol. The minimum atomic E-state index is -3.67. The molecule has 0 N–H and O–H groups in total. The maximum Gasteiger partial charge on any atom is 0.274 e. The highest BCUT2D eigenvalue weighted by Gasteiger charge is 2.26. The van der Waals surface area contributed by atoms with E-state index in [1.807, 2.05) is 19.1 Å². The highest BCUT2D eigenvalue weighted by Crippen LogP contribution is 2.30. The van der Waals surface area contributed by atoms with Gasteiger partial charge in [0.05, 0.1) is 19.3 Å². The van der Waals surface area contributed by atoms with Gasteiger partial charge in [0.1, 0.15) is 9.96 Å². The Kier molecular flexibility index (Phi) is 5.06.